The van der Waals surface area contributed by atoms with Gasteiger partial charge in [0.05, 0.1) is 30.1 Å². The van der Waals surface area contributed by atoms with Crippen molar-refractivity contribution in [2.24, 2.45) is 0 Å². The number of carbonyl (C=O) groups is 2. The number of benzene rings is 3. The molecule has 3 aromatic carbocycles. The number of alkyl halides is 1. The molecular weight excluding hydrogens is 816 g/mol. The first-order valence-corrected chi connectivity index (χ1v) is 21.3. The summed E-state index contributed by atoms with van der Waals surface area (Å²) in [5.74, 6) is 1.06. The van der Waals surface area contributed by atoms with E-state index in [4.69, 9.17) is 20.6 Å². The van der Waals surface area contributed by atoms with Gasteiger partial charge < -0.3 is 29.5 Å². The number of aromatic hydroxyl groups is 1. The second-order valence-electron chi connectivity index (χ2n) is 16.1. The van der Waals surface area contributed by atoms with E-state index >= 15 is 4.39 Å². The molecule has 4 aliphatic rings. The number of methoxy groups -OCH3 is 2. The number of halogens is 3. The average molecular weight is 868 g/mol. The van der Waals surface area contributed by atoms with Crippen molar-refractivity contribution in [3.63, 3.8) is 0 Å². The third-order valence-electron chi connectivity index (χ3n) is 12.0. The molecule has 0 saturated carbocycles. The number of nitrogens with one attached hydrogen (secondary N) is 1. The highest BCUT2D eigenvalue weighted by atomic mass is 19.1. The molecule has 4 aliphatic heterocycles. The number of phenolic OH excluding ortho intramolecular Hbond substituents is 1. The van der Waals surface area contributed by atoms with Crippen LogP contribution in [0.1, 0.15) is 63.0 Å². The predicted molar refractivity (Wildman–Crippen MR) is 234 cm³/mol. The highest BCUT2D eigenvalue weighted by molar-refractivity contribution is 6.03. The third-order valence-corrected chi connectivity index (χ3v) is 12.0. The van der Waals surface area contributed by atoms with Crippen LogP contribution in [0.5, 0.6) is 11.8 Å². The molecule has 0 aliphatic carbocycles. The minimum absolute atomic E-state index is 0.0742. The van der Waals surface area contributed by atoms with E-state index in [-0.39, 0.29) is 58.2 Å². The molecule has 5 aromatic rings. The number of nitrogens with zero attached hydrogens (tertiary/aromatic N) is 6. The van der Waals surface area contributed by atoms with Gasteiger partial charge in [-0.15, -0.1) is 6.42 Å². The zero-order chi connectivity index (χ0) is 44.6. The molecule has 4 saturated heterocycles. The molecular formula is C47H52F3N7O6. The van der Waals surface area contributed by atoms with Gasteiger partial charge >= 0.3 is 12.1 Å². The Morgan fingerprint density at radius 1 is 1.03 bits per heavy atom. The van der Waals surface area contributed by atoms with E-state index in [0.717, 1.165) is 38.0 Å². The fourth-order valence-corrected chi connectivity index (χ4v) is 8.97. The Bertz CT molecular complexity index is 2440. The van der Waals surface area contributed by atoms with Crippen LogP contribution in [-0.4, -0.2) is 114 Å². The van der Waals surface area contributed by atoms with Crippen molar-refractivity contribution in [2.75, 3.05) is 57.2 Å². The first-order chi connectivity index (χ1) is 30.6. The number of fused-ring (bicyclic) bond motifs is 5. The number of hydrogen-bond donors (Lipinski definition) is 2. The Balaban J connectivity index is 0.000000334. The summed E-state index contributed by atoms with van der Waals surface area (Å²) in [6.45, 7) is 5.80. The van der Waals surface area contributed by atoms with E-state index in [0.29, 0.717) is 54.4 Å². The molecule has 0 spiro atoms. The number of ether oxygens (including phenoxy) is 3. The zero-order valence-electron chi connectivity index (χ0n) is 35.7. The smallest absolute Gasteiger partial charge is 0.410 e. The van der Waals surface area contributed by atoms with E-state index in [2.05, 4.69) is 38.0 Å². The van der Waals surface area contributed by atoms with Crippen LogP contribution in [0.2, 0.25) is 0 Å². The summed E-state index contributed by atoms with van der Waals surface area (Å²) < 4.78 is 59.6. The molecule has 3 unspecified atom stereocenters. The van der Waals surface area contributed by atoms with Gasteiger partial charge in [0.25, 0.3) is 0 Å². The van der Waals surface area contributed by atoms with Crippen LogP contribution in [0.4, 0.5) is 29.5 Å². The first-order valence-electron chi connectivity index (χ1n) is 21.3. The van der Waals surface area contributed by atoms with Crippen molar-refractivity contribution in [3.8, 4) is 35.4 Å². The lowest BCUT2D eigenvalue weighted by Gasteiger charge is -2.41. The number of anilines is 2. The fraction of sp³-hybridized carbons (Fsp3) is 0.426. The maximum Gasteiger partial charge on any atom is 0.410 e. The zero-order valence-corrected chi connectivity index (χ0v) is 35.7. The summed E-state index contributed by atoms with van der Waals surface area (Å²) in [4.78, 5) is 43.2. The third kappa shape index (κ3) is 9.90. The Morgan fingerprint density at radius 3 is 2.44 bits per heavy atom. The average Bonchev–Trinajstić information content (AvgIpc) is 3.96. The fourth-order valence-electron chi connectivity index (χ4n) is 8.97. The molecule has 2 amide bonds. The molecule has 332 valence electrons. The maximum atomic E-state index is 16.5. The van der Waals surface area contributed by atoms with E-state index < -0.39 is 23.9 Å². The molecule has 16 heteroatoms. The lowest BCUT2D eigenvalue weighted by Crippen LogP contribution is -2.56. The van der Waals surface area contributed by atoms with Crippen molar-refractivity contribution in [3.05, 3.63) is 77.5 Å². The van der Waals surface area contributed by atoms with Crippen molar-refractivity contribution < 1.29 is 42.1 Å². The number of rotatable bonds is 10. The van der Waals surface area contributed by atoms with Crippen molar-refractivity contribution in [1.82, 2.24) is 24.8 Å². The van der Waals surface area contributed by atoms with E-state index in [1.165, 1.54) is 63.3 Å². The van der Waals surface area contributed by atoms with Gasteiger partial charge in [-0.2, -0.15) is 9.97 Å². The van der Waals surface area contributed by atoms with Crippen LogP contribution < -0.4 is 15.0 Å². The molecule has 4 fully saturated rings. The van der Waals surface area contributed by atoms with Crippen LogP contribution in [0.15, 0.2) is 54.7 Å². The number of aromatic nitrogens is 3. The first kappa shape index (κ1) is 44.9. The number of pyridine rings is 1. The number of terminal acetylenes is 1. The van der Waals surface area contributed by atoms with Gasteiger partial charge in [-0.05, 0) is 86.4 Å². The monoisotopic (exact) mass is 867 g/mol. The van der Waals surface area contributed by atoms with E-state index in [9.17, 15) is 23.5 Å². The highest BCUT2D eigenvalue weighted by Crippen LogP contribution is 2.40. The van der Waals surface area contributed by atoms with Gasteiger partial charge in [0.15, 0.2) is 5.82 Å². The molecule has 13 nitrogen and oxygen atoms in total. The number of phenols is 1. The Kier molecular flexibility index (Phi) is 14.5. The molecule has 2 N–H and O–H groups in total. The van der Waals surface area contributed by atoms with Crippen LogP contribution >= 0.6 is 0 Å². The van der Waals surface area contributed by atoms with Crippen molar-refractivity contribution in [2.45, 2.75) is 82.8 Å². The summed E-state index contributed by atoms with van der Waals surface area (Å²) in [5, 5.41) is 14.0. The van der Waals surface area contributed by atoms with Crippen molar-refractivity contribution in [1.29, 1.82) is 0 Å². The number of piperazine rings is 1. The Labute approximate surface area is 364 Å². The van der Waals surface area contributed by atoms with Gasteiger partial charge in [0, 0.05) is 62.2 Å². The SMILES string of the molecule is C#Cc1c(F)ccc2cc(O)cc(-c3ncc4c(N5CC6CCC(C5)N6C(=O)OCc5ccc(NC=O)cc5)nc(OC)nc4c3F)c12.CCCCOC.F[C@@H]1CC2CCCN2C1. The predicted octanol–water partition coefficient (Wildman–Crippen LogP) is 8.00. The van der Waals surface area contributed by atoms with Crippen molar-refractivity contribution >= 4 is 45.7 Å². The second kappa shape index (κ2) is 20.3. The number of amides is 2. The van der Waals surface area contributed by atoms with Gasteiger partial charge in [-0.25, -0.2) is 18.0 Å². The van der Waals surface area contributed by atoms with Gasteiger partial charge in [0.1, 0.15) is 41.4 Å². The van der Waals surface area contributed by atoms with Crippen LogP contribution in [0.25, 0.3) is 32.9 Å². The molecule has 9 rings (SSSR count). The summed E-state index contributed by atoms with van der Waals surface area (Å²) in [6, 6.07) is 12.5. The molecule has 0 radical (unpaired) electrons. The summed E-state index contributed by atoms with van der Waals surface area (Å²) in [7, 11) is 3.11. The van der Waals surface area contributed by atoms with Crippen LogP contribution in [-0.2, 0) is 20.9 Å². The number of hydrogen-bond acceptors (Lipinski definition) is 11. The second-order valence-corrected chi connectivity index (χ2v) is 16.1. The number of unbranched alkanes of at least 4 members (excludes halogenated alkanes) is 1. The topological polar surface area (TPSA) is 142 Å². The van der Waals surface area contributed by atoms with E-state index in [1.54, 1.807) is 36.3 Å². The quantitative estimate of drug-likeness (QED) is 0.0801. The molecule has 6 heterocycles. The molecule has 63 heavy (non-hydrogen) atoms. The van der Waals surface area contributed by atoms with Gasteiger partial charge in [-0.1, -0.05) is 37.5 Å². The van der Waals surface area contributed by atoms with Gasteiger partial charge in [-0.3, -0.25) is 19.6 Å². The Morgan fingerprint density at radius 2 is 1.79 bits per heavy atom. The van der Waals surface area contributed by atoms with Crippen LogP contribution in [0.3, 0.4) is 0 Å². The van der Waals surface area contributed by atoms with E-state index in [1.807, 2.05) is 4.90 Å². The summed E-state index contributed by atoms with van der Waals surface area (Å²) in [5.41, 5.74) is 1.17. The molecule has 4 atom stereocenters. The Hall–Kier alpha value is -6.18. The minimum Gasteiger partial charge on any atom is -0.508 e. The lowest BCUT2D eigenvalue weighted by atomic mass is 9.96. The maximum absolute atomic E-state index is 16.5. The largest absolute Gasteiger partial charge is 0.508 e. The summed E-state index contributed by atoms with van der Waals surface area (Å²) in [6.07, 6.45) is 14.0. The standard InChI is InChI=1S/C35H28F2N6O5.C7H12FN.C5H12O/c1-3-25-28(36)11-6-20-12-24(45)13-26(29(20)25)31-30(37)32-27(14-38-31)33(41-34(40-32)47-2)42-15-22-9-10-23(16-42)43(22)35(46)48-17-19-4-7-21(8-5-19)39-18-44;8-6-4-7-2-1-3-9(7)5-6;1-3-4-5-6-2/h1,4-8,11-14,18,22-23,45H,9-10,15-17H2,2H3,(H,39,44);6-7H,1-5H2;3-5H2,1-2H3/t;6-,7?;/m.1./s1. The minimum atomic E-state index is -0.825. The molecule has 2 aromatic heterocycles. The number of carbonyl (C=O) groups excluding carboxylic acids is 2. The molecule has 2 bridgehead atoms. The summed E-state index contributed by atoms with van der Waals surface area (Å²) >= 11 is 0. The normalized spacial score (nSPS) is 20.0. The lowest BCUT2D eigenvalue weighted by molar-refractivity contribution is -0.105. The highest BCUT2D eigenvalue weighted by Gasteiger charge is 2.44. The van der Waals surface area contributed by atoms with Gasteiger partial charge in [0.2, 0.25) is 6.41 Å². The van der Waals surface area contributed by atoms with Crippen LogP contribution in [0, 0.1) is 24.0 Å².